The zero-order valence-corrected chi connectivity index (χ0v) is 9.68. The second-order valence-corrected chi connectivity index (χ2v) is 2.48. The molecule has 0 rings (SSSR count). The van der Waals surface area contributed by atoms with Crippen molar-refractivity contribution in [3.8, 4) is 0 Å². The van der Waals surface area contributed by atoms with Crippen LogP contribution in [0.1, 0.15) is 15.3 Å². The molecule has 0 saturated heterocycles. The summed E-state index contributed by atoms with van der Waals surface area (Å²) in [5, 5.41) is 0. The summed E-state index contributed by atoms with van der Waals surface area (Å²) in [6.45, 7) is 3.33. The van der Waals surface area contributed by atoms with Gasteiger partial charge in [-0.1, -0.05) is 4.33 Å². The first kappa shape index (κ1) is 14.4. The zero-order valence-electron chi connectivity index (χ0n) is 7.86. The summed E-state index contributed by atoms with van der Waals surface area (Å²) >= 11 is 0. The van der Waals surface area contributed by atoms with Gasteiger partial charge in [0.15, 0.2) is 0 Å². The molecule has 0 aromatic rings. The van der Waals surface area contributed by atoms with Gasteiger partial charge < -0.3 is 1.43 Å². The van der Waals surface area contributed by atoms with Gasteiger partial charge in [0, 0.05) is 0 Å². The molecule has 0 radical (unpaired) electrons. The van der Waals surface area contributed by atoms with Crippen molar-refractivity contribution in [1.82, 2.24) is 0 Å². The van der Waals surface area contributed by atoms with E-state index >= 15 is 0 Å². The summed E-state index contributed by atoms with van der Waals surface area (Å²) in [6, 6.07) is 0. The molecule has 0 heterocycles. The molecule has 0 aliphatic rings. The van der Waals surface area contributed by atoms with Crippen molar-refractivity contribution in [2.45, 2.75) is 13.8 Å². The predicted octanol–water partition coefficient (Wildman–Crippen LogP) is -2.65. The standard InChI is InChI=1S/C4H10O5S.Na.H/c1-3-7-9-10(5,6)8-4-2;;/h3-4H2,1-2H3;;/q;+1;-1. The second-order valence-electron chi connectivity index (χ2n) is 1.29. The third-order valence-corrected chi connectivity index (χ3v) is 1.30. The van der Waals surface area contributed by atoms with Crippen LogP contribution in [0.3, 0.4) is 0 Å². The maximum absolute atomic E-state index is 10.4. The molecule has 0 aromatic carbocycles. The van der Waals surface area contributed by atoms with Gasteiger partial charge in [-0.25, -0.2) is 9.07 Å². The minimum atomic E-state index is -3.92. The zero-order chi connectivity index (χ0) is 8.04. The molecule has 0 amide bonds. The summed E-state index contributed by atoms with van der Waals surface area (Å²) in [7, 11) is -3.92. The monoisotopic (exact) mass is 194 g/mol. The van der Waals surface area contributed by atoms with E-state index in [2.05, 4.69) is 13.4 Å². The molecule has 0 N–H and O–H groups in total. The molecule has 0 saturated carbocycles. The summed E-state index contributed by atoms with van der Waals surface area (Å²) in [5.74, 6) is 0. The van der Waals surface area contributed by atoms with Crippen molar-refractivity contribution in [3.63, 3.8) is 0 Å². The van der Waals surface area contributed by atoms with Gasteiger partial charge in [0.05, 0.1) is 13.2 Å². The molecule has 11 heavy (non-hydrogen) atoms. The summed E-state index contributed by atoms with van der Waals surface area (Å²) < 4.78 is 28.9. The van der Waals surface area contributed by atoms with Crippen LogP contribution in [0.15, 0.2) is 0 Å². The molecule has 5 nitrogen and oxygen atoms in total. The minimum absolute atomic E-state index is 0. The van der Waals surface area contributed by atoms with Crippen molar-refractivity contribution in [2.75, 3.05) is 13.2 Å². The molecule has 0 fully saturated rings. The van der Waals surface area contributed by atoms with E-state index in [0.29, 0.717) is 0 Å². The van der Waals surface area contributed by atoms with Gasteiger partial charge in [0.2, 0.25) is 0 Å². The largest absolute Gasteiger partial charge is 1.00 e. The number of hydrogen-bond acceptors (Lipinski definition) is 5. The Morgan fingerprint density at radius 3 is 2.18 bits per heavy atom. The fourth-order valence-corrected chi connectivity index (χ4v) is 0.813. The third-order valence-electron chi connectivity index (χ3n) is 0.511. The molecule has 7 heteroatoms. The van der Waals surface area contributed by atoms with Crippen molar-refractivity contribution < 1.29 is 52.8 Å². The van der Waals surface area contributed by atoms with E-state index in [1.807, 2.05) is 0 Å². The number of hydrogen-bond donors (Lipinski definition) is 0. The van der Waals surface area contributed by atoms with Crippen molar-refractivity contribution in [3.05, 3.63) is 0 Å². The third kappa shape index (κ3) is 8.74. The van der Waals surface area contributed by atoms with Gasteiger partial charge in [-0.05, 0) is 13.8 Å². The maximum Gasteiger partial charge on any atom is 1.00 e. The summed E-state index contributed by atoms with van der Waals surface area (Å²) in [6.07, 6.45) is 0. The Labute approximate surface area is 90.0 Å². The smallest absolute Gasteiger partial charge is 1.00 e. The van der Waals surface area contributed by atoms with E-state index in [1.165, 1.54) is 6.92 Å². The first-order chi connectivity index (χ1) is 4.62. The van der Waals surface area contributed by atoms with E-state index in [0.717, 1.165) is 0 Å². The van der Waals surface area contributed by atoms with Crippen molar-refractivity contribution in [2.24, 2.45) is 0 Å². The van der Waals surface area contributed by atoms with Gasteiger partial charge >= 0.3 is 40.0 Å². The fraction of sp³-hybridized carbons (Fsp3) is 1.00. The van der Waals surface area contributed by atoms with E-state index < -0.39 is 10.4 Å². The fourth-order valence-electron chi connectivity index (χ4n) is 0.271. The molecule has 0 atom stereocenters. The average molecular weight is 194 g/mol. The molecule has 0 aliphatic carbocycles. The summed E-state index contributed by atoms with van der Waals surface area (Å²) in [5.41, 5.74) is 0. The predicted molar refractivity (Wildman–Crippen MR) is 34.4 cm³/mol. The van der Waals surface area contributed by atoms with Crippen LogP contribution < -0.4 is 29.6 Å². The van der Waals surface area contributed by atoms with Crippen LogP contribution in [0.2, 0.25) is 0 Å². The van der Waals surface area contributed by atoms with Crippen LogP contribution in [0.5, 0.6) is 0 Å². The van der Waals surface area contributed by atoms with Crippen molar-refractivity contribution in [1.29, 1.82) is 0 Å². The molecular formula is C4H11NaO5S. The minimum Gasteiger partial charge on any atom is -1.00 e. The van der Waals surface area contributed by atoms with Gasteiger partial charge in [-0.2, -0.15) is 8.42 Å². The molecular weight excluding hydrogens is 183 g/mol. The Balaban J connectivity index is -0.000000405. The van der Waals surface area contributed by atoms with Crippen LogP contribution in [-0.2, 0) is 23.8 Å². The van der Waals surface area contributed by atoms with Crippen LogP contribution in [0.25, 0.3) is 0 Å². The Bertz CT molecular complexity index is 170. The first-order valence-electron chi connectivity index (χ1n) is 2.82. The quantitative estimate of drug-likeness (QED) is 0.272. The second kappa shape index (κ2) is 7.48. The van der Waals surface area contributed by atoms with E-state index in [9.17, 15) is 8.42 Å². The van der Waals surface area contributed by atoms with Gasteiger partial charge in [0.1, 0.15) is 0 Å². The van der Waals surface area contributed by atoms with Gasteiger partial charge in [-0.15, -0.1) is 0 Å². The summed E-state index contributed by atoms with van der Waals surface area (Å²) in [4.78, 5) is 4.14. The molecule has 0 aromatic heterocycles. The number of rotatable bonds is 5. The van der Waals surface area contributed by atoms with Crippen LogP contribution >= 0.6 is 0 Å². The Hall–Kier alpha value is 0.830. The molecule has 0 bridgehead atoms. The van der Waals surface area contributed by atoms with E-state index in [-0.39, 0.29) is 44.2 Å². The van der Waals surface area contributed by atoms with Crippen LogP contribution in [0.4, 0.5) is 0 Å². The van der Waals surface area contributed by atoms with Gasteiger partial charge in [0.25, 0.3) is 0 Å². The Morgan fingerprint density at radius 1 is 1.27 bits per heavy atom. The Kier molecular flexibility index (Phi) is 9.76. The topological polar surface area (TPSA) is 61.8 Å². The first-order valence-corrected chi connectivity index (χ1v) is 4.16. The molecule has 0 spiro atoms. The van der Waals surface area contributed by atoms with E-state index in [4.69, 9.17) is 0 Å². The van der Waals surface area contributed by atoms with Crippen LogP contribution in [0, 0.1) is 0 Å². The normalized spacial score (nSPS) is 10.7. The van der Waals surface area contributed by atoms with Gasteiger partial charge in [-0.3, -0.25) is 0 Å². The van der Waals surface area contributed by atoms with Crippen LogP contribution in [-0.4, -0.2) is 21.6 Å². The Morgan fingerprint density at radius 2 is 1.82 bits per heavy atom. The van der Waals surface area contributed by atoms with E-state index in [1.54, 1.807) is 6.92 Å². The molecule has 0 aliphatic heterocycles. The van der Waals surface area contributed by atoms with Crippen molar-refractivity contribution >= 4 is 10.4 Å². The SMILES string of the molecule is CCOOS(=O)(=O)OCC.[H-].[Na+]. The molecule has 0 unspecified atom stereocenters. The average Bonchev–Trinajstić information content (AvgIpc) is 1.84. The molecule has 64 valence electrons. The maximum atomic E-state index is 10.4.